The van der Waals surface area contributed by atoms with Gasteiger partial charge in [0.25, 0.3) is 0 Å². The van der Waals surface area contributed by atoms with Crippen molar-refractivity contribution in [3.05, 3.63) is 0 Å². The molecular formula is C13H22N2O2S. The van der Waals surface area contributed by atoms with Crippen molar-refractivity contribution >= 4 is 16.9 Å². The molecule has 0 unspecified atom stereocenters. The number of nitrogens with zero attached hydrogens (tertiary/aromatic N) is 1. The van der Waals surface area contributed by atoms with Crippen molar-refractivity contribution in [2.24, 2.45) is 4.99 Å². The Morgan fingerprint density at radius 2 is 2.11 bits per heavy atom. The molecule has 3 fully saturated rings. The van der Waals surface area contributed by atoms with Gasteiger partial charge < -0.3 is 14.8 Å². The van der Waals surface area contributed by atoms with E-state index < -0.39 is 0 Å². The number of thioether (sulfide) groups is 1. The van der Waals surface area contributed by atoms with Gasteiger partial charge in [-0.25, -0.2) is 0 Å². The summed E-state index contributed by atoms with van der Waals surface area (Å²) in [4.78, 5) is 4.74. The molecule has 0 aromatic heterocycles. The second-order valence-electron chi connectivity index (χ2n) is 5.67. The molecule has 0 aromatic rings. The van der Waals surface area contributed by atoms with Gasteiger partial charge in [0.15, 0.2) is 5.17 Å². The lowest BCUT2D eigenvalue weighted by Gasteiger charge is -2.39. The lowest BCUT2D eigenvalue weighted by molar-refractivity contribution is -0.0629. The lowest BCUT2D eigenvalue weighted by Crippen LogP contribution is -2.48. The molecular weight excluding hydrogens is 248 g/mol. The fourth-order valence-electron chi connectivity index (χ4n) is 2.84. The highest BCUT2D eigenvalue weighted by Gasteiger charge is 2.40. The van der Waals surface area contributed by atoms with E-state index in [1.165, 1.54) is 6.42 Å². The first-order chi connectivity index (χ1) is 8.76. The van der Waals surface area contributed by atoms with Gasteiger partial charge in [-0.15, -0.1) is 0 Å². The number of hydrogen-bond donors (Lipinski definition) is 1. The number of ether oxygens (including phenoxy) is 2. The number of rotatable bonds is 3. The van der Waals surface area contributed by atoms with E-state index in [1.54, 1.807) is 0 Å². The van der Waals surface area contributed by atoms with Crippen LogP contribution in [0.4, 0.5) is 0 Å². The lowest BCUT2D eigenvalue weighted by atomic mass is 9.80. The minimum atomic E-state index is 0.0423. The van der Waals surface area contributed by atoms with Gasteiger partial charge in [0.1, 0.15) is 0 Å². The van der Waals surface area contributed by atoms with Crippen LogP contribution < -0.4 is 5.32 Å². The summed E-state index contributed by atoms with van der Waals surface area (Å²) in [5.41, 5.74) is 0.294. The summed E-state index contributed by atoms with van der Waals surface area (Å²) in [6.07, 6.45) is 5.80. The van der Waals surface area contributed by atoms with Crippen molar-refractivity contribution in [2.45, 2.75) is 43.2 Å². The summed E-state index contributed by atoms with van der Waals surface area (Å²) in [6.45, 7) is 2.57. The zero-order valence-electron chi connectivity index (χ0n) is 11.0. The second kappa shape index (κ2) is 5.02. The Morgan fingerprint density at radius 1 is 1.33 bits per heavy atom. The van der Waals surface area contributed by atoms with E-state index in [0.29, 0.717) is 0 Å². The molecule has 1 aliphatic carbocycles. The summed E-state index contributed by atoms with van der Waals surface area (Å²) < 4.78 is 11.0. The molecule has 0 atom stereocenters. The van der Waals surface area contributed by atoms with E-state index in [0.717, 1.165) is 56.4 Å². The first-order valence-electron chi connectivity index (χ1n) is 6.84. The van der Waals surface area contributed by atoms with E-state index in [1.807, 2.05) is 18.9 Å². The second-order valence-corrected chi connectivity index (χ2v) is 6.63. The summed E-state index contributed by atoms with van der Waals surface area (Å²) in [5, 5.41) is 4.74. The molecule has 2 saturated heterocycles. The number of nitrogens with one attached hydrogen (secondary N) is 1. The molecule has 2 aliphatic heterocycles. The minimum absolute atomic E-state index is 0.0423. The van der Waals surface area contributed by atoms with Crippen molar-refractivity contribution in [1.29, 1.82) is 0 Å². The van der Waals surface area contributed by atoms with Crippen molar-refractivity contribution in [2.75, 3.05) is 32.6 Å². The molecule has 0 radical (unpaired) electrons. The average molecular weight is 270 g/mol. The first kappa shape index (κ1) is 12.8. The zero-order valence-corrected chi connectivity index (χ0v) is 11.9. The highest BCUT2D eigenvalue weighted by Crippen LogP contribution is 2.36. The maximum Gasteiger partial charge on any atom is 0.157 e. The van der Waals surface area contributed by atoms with E-state index in [-0.39, 0.29) is 11.1 Å². The number of aliphatic imine (C=N–C) groups is 1. The van der Waals surface area contributed by atoms with Crippen LogP contribution in [0.1, 0.15) is 32.1 Å². The number of amidine groups is 1. The van der Waals surface area contributed by atoms with Crippen molar-refractivity contribution in [3.63, 3.8) is 0 Å². The van der Waals surface area contributed by atoms with Crippen LogP contribution in [0.2, 0.25) is 0 Å². The van der Waals surface area contributed by atoms with Gasteiger partial charge in [-0.2, -0.15) is 0 Å². The average Bonchev–Trinajstić information content (AvgIpc) is 2.73. The monoisotopic (exact) mass is 270 g/mol. The molecule has 2 heterocycles. The number of methoxy groups -OCH3 is 1. The molecule has 0 amide bonds. The zero-order chi connectivity index (χ0) is 12.5. The van der Waals surface area contributed by atoms with Gasteiger partial charge in [-0.1, -0.05) is 11.8 Å². The molecule has 1 N–H and O–H groups in total. The summed E-state index contributed by atoms with van der Waals surface area (Å²) in [6, 6.07) is 0. The molecule has 0 bridgehead atoms. The van der Waals surface area contributed by atoms with E-state index in [2.05, 4.69) is 5.32 Å². The molecule has 18 heavy (non-hydrogen) atoms. The molecule has 0 aromatic carbocycles. The summed E-state index contributed by atoms with van der Waals surface area (Å²) in [7, 11) is 1.81. The third kappa shape index (κ3) is 2.40. The summed E-state index contributed by atoms with van der Waals surface area (Å²) >= 11 is 1.86. The minimum Gasteiger partial charge on any atom is -0.381 e. The Balaban J connectivity index is 1.58. The quantitative estimate of drug-likeness (QED) is 0.849. The Morgan fingerprint density at radius 3 is 2.72 bits per heavy atom. The molecule has 102 valence electrons. The maximum atomic E-state index is 5.61. The largest absolute Gasteiger partial charge is 0.381 e. The normalized spacial score (nSPS) is 31.3. The third-order valence-corrected chi connectivity index (χ3v) is 5.72. The molecule has 3 rings (SSSR count). The highest BCUT2D eigenvalue weighted by atomic mass is 32.2. The van der Waals surface area contributed by atoms with E-state index >= 15 is 0 Å². The Hall–Kier alpha value is -0.260. The molecule has 3 aliphatic rings. The molecule has 1 spiro atoms. The van der Waals surface area contributed by atoms with Crippen LogP contribution in [-0.4, -0.2) is 48.9 Å². The van der Waals surface area contributed by atoms with Crippen molar-refractivity contribution in [3.8, 4) is 0 Å². The standard InChI is InChI=1S/C13H22N2O2S/c1-16-13(3-2-4-13)9-14-11-15-12(10-18-11)5-7-17-8-6-12/h2-10H2,1H3,(H,14,15). The maximum absolute atomic E-state index is 5.61. The van der Waals surface area contributed by atoms with Gasteiger partial charge in [0, 0.05) is 26.1 Å². The Labute approximate surface area is 113 Å². The van der Waals surface area contributed by atoms with Gasteiger partial charge in [-0.05, 0) is 32.1 Å². The van der Waals surface area contributed by atoms with Crippen LogP contribution in [0.3, 0.4) is 0 Å². The Kier molecular flexibility index (Phi) is 3.56. The predicted octanol–water partition coefficient (Wildman–Crippen LogP) is 1.80. The highest BCUT2D eigenvalue weighted by molar-refractivity contribution is 8.14. The SMILES string of the molecule is COC1(CN=C2NC3(CCOCC3)CS2)CCC1. The third-order valence-electron chi connectivity index (χ3n) is 4.52. The molecule has 4 nitrogen and oxygen atoms in total. The van der Waals surface area contributed by atoms with Gasteiger partial charge in [0.05, 0.1) is 17.7 Å². The van der Waals surface area contributed by atoms with Crippen molar-refractivity contribution in [1.82, 2.24) is 5.32 Å². The fourth-order valence-corrected chi connectivity index (χ4v) is 4.05. The molecule has 5 heteroatoms. The van der Waals surface area contributed by atoms with Crippen molar-refractivity contribution < 1.29 is 9.47 Å². The van der Waals surface area contributed by atoms with Gasteiger partial charge in [-0.3, -0.25) is 4.99 Å². The fraction of sp³-hybridized carbons (Fsp3) is 0.923. The molecule has 1 saturated carbocycles. The Bertz CT molecular complexity index is 330. The summed E-state index contributed by atoms with van der Waals surface area (Å²) in [5.74, 6) is 1.13. The van der Waals surface area contributed by atoms with Crippen LogP contribution in [0, 0.1) is 0 Å². The van der Waals surface area contributed by atoms with Crippen LogP contribution in [0.15, 0.2) is 4.99 Å². The van der Waals surface area contributed by atoms with Crippen LogP contribution in [0.25, 0.3) is 0 Å². The van der Waals surface area contributed by atoms with E-state index in [9.17, 15) is 0 Å². The number of hydrogen-bond acceptors (Lipinski definition) is 4. The van der Waals surface area contributed by atoms with Gasteiger partial charge in [0.2, 0.25) is 0 Å². The van der Waals surface area contributed by atoms with Crippen LogP contribution >= 0.6 is 11.8 Å². The van der Waals surface area contributed by atoms with Crippen LogP contribution in [-0.2, 0) is 9.47 Å². The van der Waals surface area contributed by atoms with Crippen LogP contribution in [0.5, 0.6) is 0 Å². The first-order valence-corrected chi connectivity index (χ1v) is 7.83. The smallest absolute Gasteiger partial charge is 0.157 e. The van der Waals surface area contributed by atoms with E-state index in [4.69, 9.17) is 14.5 Å². The predicted molar refractivity (Wildman–Crippen MR) is 74.3 cm³/mol. The topological polar surface area (TPSA) is 42.8 Å². The van der Waals surface area contributed by atoms with Gasteiger partial charge >= 0.3 is 0 Å².